The molecular weight excluding hydrogens is 459 g/mol. The van der Waals surface area contributed by atoms with Gasteiger partial charge in [0.1, 0.15) is 5.82 Å². The summed E-state index contributed by atoms with van der Waals surface area (Å²) in [6.07, 6.45) is -13.2. The van der Waals surface area contributed by atoms with Crippen LogP contribution in [-0.2, 0) is 6.54 Å². The van der Waals surface area contributed by atoms with Crippen LogP contribution in [0.3, 0.4) is 0 Å². The Labute approximate surface area is 184 Å². The molecule has 5 nitrogen and oxygen atoms in total. The van der Waals surface area contributed by atoms with Crippen molar-refractivity contribution in [2.75, 3.05) is 19.6 Å². The fourth-order valence-electron chi connectivity index (χ4n) is 3.96. The van der Waals surface area contributed by atoms with Gasteiger partial charge in [0.2, 0.25) is 0 Å². The van der Waals surface area contributed by atoms with E-state index in [9.17, 15) is 40.6 Å². The maximum atomic E-state index is 13.5. The first-order valence-corrected chi connectivity index (χ1v) is 9.85. The molecule has 1 amide bonds. The predicted octanol–water partition coefficient (Wildman–Crippen LogP) is 5.10. The second kappa shape index (κ2) is 9.16. The zero-order valence-electron chi connectivity index (χ0n) is 17.3. The van der Waals surface area contributed by atoms with Crippen molar-refractivity contribution in [1.29, 1.82) is 0 Å². The van der Waals surface area contributed by atoms with Crippen molar-refractivity contribution in [3.8, 4) is 11.3 Å². The first-order valence-electron chi connectivity index (χ1n) is 9.85. The molecule has 0 spiro atoms. The normalized spacial score (nSPS) is 18.1. The minimum atomic E-state index is -5.66. The molecule has 12 heteroatoms. The molecule has 0 bridgehead atoms. The number of hydrogen-bond acceptors (Lipinski definition) is 3. The summed E-state index contributed by atoms with van der Waals surface area (Å²) in [7, 11) is 0. The van der Waals surface area contributed by atoms with E-state index in [0.29, 0.717) is 22.5 Å². The number of piperazine rings is 1. The Bertz CT molecular complexity index is 996. The van der Waals surface area contributed by atoms with Crippen molar-refractivity contribution in [1.82, 2.24) is 14.8 Å². The molecule has 0 aliphatic carbocycles. The number of carbonyl (C=O) groups is 1. The van der Waals surface area contributed by atoms with Crippen LogP contribution in [0.1, 0.15) is 11.3 Å². The highest BCUT2D eigenvalue weighted by Crippen LogP contribution is 2.44. The summed E-state index contributed by atoms with van der Waals surface area (Å²) in [5.41, 5.74) is 1.99. The van der Waals surface area contributed by atoms with Crippen molar-refractivity contribution in [2.45, 2.75) is 31.9 Å². The molecule has 1 unspecified atom stereocenters. The molecule has 2 aromatic rings. The average molecular weight is 479 g/mol. The fraction of sp³-hybridized carbons (Fsp3) is 0.429. The number of rotatable bonds is 4. The van der Waals surface area contributed by atoms with E-state index < -0.39 is 49.3 Å². The number of hydrogen-bond donors (Lipinski definition) is 1. The third-order valence-corrected chi connectivity index (χ3v) is 5.55. The number of pyridine rings is 1. The van der Waals surface area contributed by atoms with Gasteiger partial charge in [-0.05, 0) is 30.7 Å². The number of amides is 1. The zero-order chi connectivity index (χ0) is 24.6. The average Bonchev–Trinajstić information content (AvgIpc) is 2.67. The summed E-state index contributed by atoms with van der Waals surface area (Å²) in [5.74, 6) is -4.26. The first-order chi connectivity index (χ1) is 15.3. The van der Waals surface area contributed by atoms with E-state index in [2.05, 4.69) is 4.98 Å². The molecule has 33 heavy (non-hydrogen) atoms. The highest BCUT2D eigenvalue weighted by atomic mass is 19.4. The van der Waals surface area contributed by atoms with Crippen molar-refractivity contribution in [3.05, 3.63) is 53.5 Å². The monoisotopic (exact) mass is 479 g/mol. The van der Waals surface area contributed by atoms with Crippen LogP contribution < -0.4 is 0 Å². The lowest BCUT2D eigenvalue weighted by Gasteiger charge is -2.44. The second-order valence-corrected chi connectivity index (χ2v) is 7.79. The summed E-state index contributed by atoms with van der Waals surface area (Å²) in [6, 6.07) is 6.57. The molecule has 2 heterocycles. The molecule has 0 saturated carbocycles. The fourth-order valence-corrected chi connectivity index (χ4v) is 3.96. The van der Waals surface area contributed by atoms with E-state index in [1.165, 1.54) is 23.1 Å². The van der Waals surface area contributed by atoms with Gasteiger partial charge in [-0.25, -0.2) is 9.18 Å². The number of aromatic nitrogens is 1. The Hall–Kier alpha value is -2.89. The lowest BCUT2D eigenvalue weighted by molar-refractivity contribution is -0.300. The summed E-state index contributed by atoms with van der Waals surface area (Å²) in [4.78, 5) is 17.3. The van der Waals surface area contributed by atoms with E-state index in [1.54, 1.807) is 25.1 Å². The minimum absolute atomic E-state index is 0.0192. The van der Waals surface area contributed by atoms with Crippen LogP contribution in [0.5, 0.6) is 0 Å². The molecule has 1 fully saturated rings. The van der Waals surface area contributed by atoms with Gasteiger partial charge in [-0.15, -0.1) is 0 Å². The number of alkyl halides is 6. The zero-order valence-corrected chi connectivity index (χ0v) is 17.3. The Kier molecular flexibility index (Phi) is 6.87. The van der Waals surface area contributed by atoms with E-state index in [4.69, 9.17) is 0 Å². The summed E-state index contributed by atoms with van der Waals surface area (Å²) in [5, 5.41) is 9.20. The molecule has 1 aliphatic heterocycles. The second-order valence-electron chi connectivity index (χ2n) is 7.79. The summed E-state index contributed by atoms with van der Waals surface area (Å²) >= 11 is 0. The smallest absolute Gasteiger partial charge is 0.407 e. The van der Waals surface area contributed by atoms with E-state index >= 15 is 0 Å². The Morgan fingerprint density at radius 2 is 1.79 bits per heavy atom. The van der Waals surface area contributed by atoms with Gasteiger partial charge >= 0.3 is 18.4 Å². The topological polar surface area (TPSA) is 56.7 Å². The minimum Gasteiger partial charge on any atom is -0.465 e. The first kappa shape index (κ1) is 24.7. The van der Waals surface area contributed by atoms with Gasteiger partial charge in [0, 0.05) is 37.4 Å². The van der Waals surface area contributed by atoms with Crippen molar-refractivity contribution >= 4 is 6.09 Å². The molecule has 0 radical (unpaired) electrons. The molecule has 3 rings (SSSR count). The number of benzene rings is 1. The SMILES string of the molecule is Cc1nc(-c2cccc(F)c2)ccc1CN1CCN(C(=O)O)C(C(C(F)(F)F)C(F)(F)F)C1. The predicted molar refractivity (Wildman–Crippen MR) is 104 cm³/mol. The molecule has 1 N–H and O–H groups in total. The maximum absolute atomic E-state index is 13.5. The molecule has 1 aromatic carbocycles. The molecule has 180 valence electrons. The Morgan fingerprint density at radius 3 is 2.33 bits per heavy atom. The van der Waals surface area contributed by atoms with Crippen molar-refractivity contribution in [3.63, 3.8) is 0 Å². The van der Waals surface area contributed by atoms with Crippen LogP contribution in [0.25, 0.3) is 11.3 Å². The van der Waals surface area contributed by atoms with Crippen molar-refractivity contribution < 1.29 is 40.6 Å². The van der Waals surface area contributed by atoms with Gasteiger partial charge in [-0.3, -0.25) is 9.88 Å². The van der Waals surface area contributed by atoms with Crippen LogP contribution in [0.2, 0.25) is 0 Å². The third kappa shape index (κ3) is 5.73. The largest absolute Gasteiger partial charge is 0.465 e. The van der Waals surface area contributed by atoms with E-state index in [0.717, 1.165) is 0 Å². The summed E-state index contributed by atoms with van der Waals surface area (Å²) < 4.78 is 93.2. The number of aryl methyl sites for hydroxylation is 1. The lowest BCUT2D eigenvalue weighted by Crippen LogP contribution is -2.62. The van der Waals surface area contributed by atoms with Crippen LogP contribution in [-0.4, -0.2) is 64.0 Å². The third-order valence-electron chi connectivity index (χ3n) is 5.55. The van der Waals surface area contributed by atoms with E-state index in [1.807, 2.05) is 0 Å². The van der Waals surface area contributed by atoms with Gasteiger partial charge in [0.25, 0.3) is 0 Å². The van der Waals surface area contributed by atoms with Crippen LogP contribution in [0.4, 0.5) is 35.5 Å². The Balaban J connectivity index is 1.84. The van der Waals surface area contributed by atoms with Gasteiger partial charge in [-0.1, -0.05) is 18.2 Å². The Morgan fingerprint density at radius 1 is 1.12 bits per heavy atom. The maximum Gasteiger partial charge on any atom is 0.407 e. The number of carboxylic acid groups (broad SMARTS) is 1. The van der Waals surface area contributed by atoms with Gasteiger partial charge in [0.15, 0.2) is 5.92 Å². The highest BCUT2D eigenvalue weighted by molar-refractivity contribution is 5.65. The molecule has 1 aliphatic rings. The lowest BCUT2D eigenvalue weighted by atomic mass is 9.94. The standard InChI is InChI=1S/C21H20F7N3O2/c1-12-14(5-6-16(29-12)13-3-2-4-15(22)9-13)10-30-7-8-31(19(32)33)17(11-30)18(20(23,24)25)21(26,27)28/h2-6,9,17-18H,7-8,10-11H2,1H3,(H,32,33). The molecule has 1 saturated heterocycles. The van der Waals surface area contributed by atoms with Crippen LogP contribution in [0.15, 0.2) is 36.4 Å². The van der Waals surface area contributed by atoms with E-state index in [-0.39, 0.29) is 18.0 Å². The molecule has 1 atom stereocenters. The van der Waals surface area contributed by atoms with Crippen LogP contribution >= 0.6 is 0 Å². The number of halogens is 7. The quantitative estimate of drug-likeness (QED) is 0.620. The van der Waals surface area contributed by atoms with Crippen LogP contribution in [0, 0.1) is 18.7 Å². The number of nitrogens with zero attached hydrogens (tertiary/aromatic N) is 3. The molecular formula is C21H20F7N3O2. The summed E-state index contributed by atoms with van der Waals surface area (Å²) in [6.45, 7) is 0.305. The molecule has 1 aromatic heterocycles. The van der Waals surface area contributed by atoms with Gasteiger partial charge in [0.05, 0.1) is 11.7 Å². The van der Waals surface area contributed by atoms with Gasteiger partial charge in [-0.2, -0.15) is 26.3 Å². The van der Waals surface area contributed by atoms with Crippen molar-refractivity contribution in [2.24, 2.45) is 5.92 Å². The highest BCUT2D eigenvalue weighted by Gasteiger charge is 2.62. The van der Waals surface area contributed by atoms with Gasteiger partial charge < -0.3 is 10.0 Å².